The van der Waals surface area contributed by atoms with Crippen molar-refractivity contribution in [3.8, 4) is 11.8 Å². The Morgan fingerprint density at radius 3 is 2.74 bits per heavy atom. The van der Waals surface area contributed by atoms with Gasteiger partial charge in [0.1, 0.15) is 5.75 Å². The molecule has 0 aliphatic heterocycles. The summed E-state index contributed by atoms with van der Waals surface area (Å²) in [6.45, 7) is 1.86. The molecule has 2 aromatic rings. The molecule has 0 spiro atoms. The lowest BCUT2D eigenvalue weighted by atomic mass is 10.1. The van der Waals surface area contributed by atoms with Crippen LogP contribution in [0.15, 0.2) is 48.5 Å². The third-order valence-corrected chi connectivity index (χ3v) is 2.78. The van der Waals surface area contributed by atoms with Crippen LogP contribution < -0.4 is 4.74 Å². The molecule has 0 radical (unpaired) electrons. The average Bonchev–Trinajstić information content (AvgIpc) is 2.45. The molecule has 0 atom stereocenters. The molecule has 0 fully saturated rings. The second kappa shape index (κ2) is 5.83. The summed E-state index contributed by atoms with van der Waals surface area (Å²) in [5.74, 6) is 0.460. The molecule has 94 valence electrons. The minimum absolute atomic E-state index is 0.0280. The fraction of sp³-hybridized carbons (Fsp3) is 0.125. The van der Waals surface area contributed by atoms with Gasteiger partial charge in [-0.25, -0.2) is 0 Å². The Morgan fingerprint density at radius 2 is 2.00 bits per heavy atom. The van der Waals surface area contributed by atoms with E-state index in [4.69, 9.17) is 10.00 Å². The maximum atomic E-state index is 12.0. The topological polar surface area (TPSA) is 50.1 Å². The van der Waals surface area contributed by atoms with E-state index in [1.165, 1.54) is 0 Å². The van der Waals surface area contributed by atoms with E-state index < -0.39 is 0 Å². The van der Waals surface area contributed by atoms with Crippen molar-refractivity contribution >= 4 is 5.78 Å². The van der Waals surface area contributed by atoms with Crippen molar-refractivity contribution in [2.75, 3.05) is 6.61 Å². The number of ether oxygens (including phenoxy) is 1. The van der Waals surface area contributed by atoms with Crippen LogP contribution in [0, 0.1) is 18.3 Å². The van der Waals surface area contributed by atoms with Crippen LogP contribution in [-0.2, 0) is 0 Å². The van der Waals surface area contributed by atoms with Crippen molar-refractivity contribution in [1.29, 1.82) is 5.26 Å². The van der Waals surface area contributed by atoms with E-state index in [9.17, 15) is 4.79 Å². The second-order valence-corrected chi connectivity index (χ2v) is 4.17. The third kappa shape index (κ3) is 3.20. The summed E-state index contributed by atoms with van der Waals surface area (Å²) in [5.41, 5.74) is 2.11. The third-order valence-electron chi connectivity index (χ3n) is 2.78. The number of benzene rings is 2. The zero-order valence-electron chi connectivity index (χ0n) is 10.6. The van der Waals surface area contributed by atoms with Crippen molar-refractivity contribution in [2.24, 2.45) is 0 Å². The van der Waals surface area contributed by atoms with Gasteiger partial charge < -0.3 is 4.74 Å². The Balaban J connectivity index is 2.05. The van der Waals surface area contributed by atoms with Crippen LogP contribution in [0.3, 0.4) is 0 Å². The normalized spacial score (nSPS) is 9.68. The Bertz CT molecular complexity index is 641. The number of hydrogen-bond acceptors (Lipinski definition) is 3. The van der Waals surface area contributed by atoms with Gasteiger partial charge in [-0.3, -0.25) is 4.79 Å². The maximum Gasteiger partial charge on any atom is 0.200 e. The number of hydrogen-bond donors (Lipinski definition) is 0. The number of rotatable bonds is 4. The molecular weight excluding hydrogens is 238 g/mol. The fourth-order valence-corrected chi connectivity index (χ4v) is 1.77. The molecule has 0 aromatic heterocycles. The summed E-state index contributed by atoms with van der Waals surface area (Å²) >= 11 is 0. The molecular formula is C16H13NO2. The number of nitrogens with zero attached hydrogens (tertiary/aromatic N) is 1. The van der Waals surface area contributed by atoms with Crippen molar-refractivity contribution in [1.82, 2.24) is 0 Å². The predicted molar refractivity (Wildman–Crippen MR) is 72.2 cm³/mol. The van der Waals surface area contributed by atoms with Crippen molar-refractivity contribution in [2.45, 2.75) is 6.92 Å². The highest BCUT2D eigenvalue weighted by Gasteiger charge is 2.09. The Kier molecular flexibility index (Phi) is 3.94. The standard InChI is InChI=1S/C16H13NO2/c1-12-5-2-3-8-15(12)16(18)11-19-14-7-4-6-13(9-14)10-17/h2-9H,11H2,1H3. The van der Waals surface area contributed by atoms with Crippen LogP contribution in [-0.4, -0.2) is 12.4 Å². The van der Waals surface area contributed by atoms with Crippen LogP contribution in [0.1, 0.15) is 21.5 Å². The summed E-state index contributed by atoms with van der Waals surface area (Å²) in [7, 11) is 0. The van der Waals surface area contributed by atoms with Crippen LogP contribution in [0.2, 0.25) is 0 Å². The van der Waals surface area contributed by atoms with E-state index in [0.717, 1.165) is 5.56 Å². The van der Waals surface area contributed by atoms with E-state index >= 15 is 0 Å². The minimum atomic E-state index is -0.0690. The van der Waals surface area contributed by atoms with Gasteiger partial charge in [-0.1, -0.05) is 30.3 Å². The average molecular weight is 251 g/mol. The van der Waals surface area contributed by atoms with Crippen LogP contribution in [0.5, 0.6) is 5.75 Å². The monoisotopic (exact) mass is 251 g/mol. The Labute approximate surface area is 112 Å². The molecule has 0 aliphatic rings. The smallest absolute Gasteiger partial charge is 0.200 e. The molecule has 0 amide bonds. The number of ketones is 1. The zero-order valence-corrected chi connectivity index (χ0v) is 10.6. The number of nitriles is 1. The van der Waals surface area contributed by atoms with E-state index in [2.05, 4.69) is 0 Å². The Morgan fingerprint density at radius 1 is 1.21 bits per heavy atom. The number of carbonyl (C=O) groups is 1. The lowest BCUT2D eigenvalue weighted by molar-refractivity contribution is 0.0921. The molecule has 0 N–H and O–H groups in total. The second-order valence-electron chi connectivity index (χ2n) is 4.17. The number of carbonyl (C=O) groups excluding carboxylic acids is 1. The van der Waals surface area contributed by atoms with Gasteiger partial charge in [-0.05, 0) is 30.7 Å². The molecule has 0 bridgehead atoms. The van der Waals surface area contributed by atoms with Gasteiger partial charge in [-0.15, -0.1) is 0 Å². The maximum absolute atomic E-state index is 12.0. The molecule has 19 heavy (non-hydrogen) atoms. The van der Waals surface area contributed by atoms with Gasteiger partial charge in [0.05, 0.1) is 11.6 Å². The first-order valence-electron chi connectivity index (χ1n) is 5.92. The highest BCUT2D eigenvalue weighted by Crippen LogP contribution is 2.14. The van der Waals surface area contributed by atoms with Gasteiger partial charge in [0.15, 0.2) is 12.4 Å². The molecule has 2 rings (SSSR count). The summed E-state index contributed by atoms with van der Waals surface area (Å²) in [6, 6.07) is 16.2. The molecule has 3 heteroatoms. The molecule has 3 nitrogen and oxygen atoms in total. The van der Waals surface area contributed by atoms with Crippen molar-refractivity contribution in [3.63, 3.8) is 0 Å². The van der Waals surface area contributed by atoms with E-state index in [-0.39, 0.29) is 12.4 Å². The van der Waals surface area contributed by atoms with Gasteiger partial charge in [0.2, 0.25) is 0 Å². The lowest BCUT2D eigenvalue weighted by Crippen LogP contribution is -2.12. The van der Waals surface area contributed by atoms with Crippen LogP contribution in [0.4, 0.5) is 0 Å². The zero-order chi connectivity index (χ0) is 13.7. The molecule has 2 aromatic carbocycles. The number of aryl methyl sites for hydroxylation is 1. The summed E-state index contributed by atoms with van der Waals surface area (Å²) < 4.78 is 5.42. The van der Waals surface area contributed by atoms with Gasteiger partial charge in [0.25, 0.3) is 0 Å². The summed E-state index contributed by atoms with van der Waals surface area (Å²) in [5, 5.41) is 8.78. The van der Waals surface area contributed by atoms with Gasteiger partial charge in [0, 0.05) is 5.56 Å². The Hall–Kier alpha value is -2.60. The van der Waals surface area contributed by atoms with Crippen LogP contribution in [0.25, 0.3) is 0 Å². The molecule has 0 saturated carbocycles. The minimum Gasteiger partial charge on any atom is -0.485 e. The SMILES string of the molecule is Cc1ccccc1C(=O)COc1cccc(C#N)c1. The fourth-order valence-electron chi connectivity index (χ4n) is 1.77. The van der Waals surface area contributed by atoms with Crippen LogP contribution >= 0.6 is 0 Å². The molecule has 0 aliphatic carbocycles. The summed E-state index contributed by atoms with van der Waals surface area (Å²) in [4.78, 5) is 12.0. The molecule has 0 saturated heterocycles. The van der Waals surface area contributed by atoms with Crippen molar-refractivity contribution in [3.05, 3.63) is 65.2 Å². The van der Waals surface area contributed by atoms with Crippen molar-refractivity contribution < 1.29 is 9.53 Å². The largest absolute Gasteiger partial charge is 0.485 e. The highest BCUT2D eigenvalue weighted by atomic mass is 16.5. The highest BCUT2D eigenvalue weighted by molar-refractivity contribution is 5.98. The molecule has 0 heterocycles. The first-order chi connectivity index (χ1) is 9.20. The van der Waals surface area contributed by atoms with E-state index in [0.29, 0.717) is 16.9 Å². The van der Waals surface area contributed by atoms with Gasteiger partial charge >= 0.3 is 0 Å². The molecule has 0 unspecified atom stereocenters. The lowest BCUT2D eigenvalue weighted by Gasteiger charge is -2.07. The van der Waals surface area contributed by atoms with E-state index in [1.54, 1.807) is 30.3 Å². The number of Topliss-reactive ketones (excluding diaryl/α,β-unsaturated/α-hetero) is 1. The quantitative estimate of drug-likeness (QED) is 0.784. The first-order valence-corrected chi connectivity index (χ1v) is 5.92. The predicted octanol–water partition coefficient (Wildman–Crippen LogP) is 3.13. The first kappa shape index (κ1) is 12.8. The summed E-state index contributed by atoms with van der Waals surface area (Å²) in [6.07, 6.45) is 0. The van der Waals surface area contributed by atoms with Gasteiger partial charge in [-0.2, -0.15) is 5.26 Å². The van der Waals surface area contributed by atoms with E-state index in [1.807, 2.05) is 31.2 Å².